The molecule has 0 rings (SSSR count). The minimum Gasteiger partial charge on any atom is -0.330 e. The van der Waals surface area contributed by atoms with Crippen LogP contribution in [0.15, 0.2) is 0 Å². The van der Waals surface area contributed by atoms with Crippen molar-refractivity contribution in [3.05, 3.63) is 0 Å². The fraction of sp³-hybridized carbons (Fsp3) is 1.00. The number of thiol groups is 1. The molecule has 0 fully saturated rings. The van der Waals surface area contributed by atoms with Gasteiger partial charge in [-0.3, -0.25) is 0 Å². The molecule has 2 N–H and O–H groups in total. The molecule has 0 aromatic carbocycles. The lowest BCUT2D eigenvalue weighted by molar-refractivity contribution is 0.787. The van der Waals surface area contributed by atoms with Crippen molar-refractivity contribution in [3.8, 4) is 0 Å². The lowest BCUT2D eigenvalue weighted by Gasteiger charge is -1.97. The molecule has 0 aliphatic heterocycles. The summed E-state index contributed by atoms with van der Waals surface area (Å²) in [5, 5.41) is 0. The monoisotopic (exact) mass is 179 g/mol. The van der Waals surface area contributed by atoms with Gasteiger partial charge in [-0.05, 0) is 24.3 Å². The van der Waals surface area contributed by atoms with Gasteiger partial charge in [-0.25, -0.2) is 0 Å². The Morgan fingerprint density at radius 2 is 1.90 bits per heavy atom. The summed E-state index contributed by atoms with van der Waals surface area (Å²) in [6, 6.07) is 0. The Labute approximate surface area is 73.5 Å². The molecule has 0 heterocycles. The molecule has 0 saturated carbocycles. The summed E-state index contributed by atoms with van der Waals surface area (Å²) in [5.74, 6) is 3.41. The van der Waals surface area contributed by atoms with Gasteiger partial charge in [0.05, 0.1) is 0 Å². The Balaban J connectivity index is 2.65. The summed E-state index contributed by atoms with van der Waals surface area (Å²) in [6.07, 6.45) is 3.90. The fourth-order valence-electron chi connectivity index (χ4n) is 0.678. The van der Waals surface area contributed by atoms with Gasteiger partial charge < -0.3 is 5.73 Å². The number of hydrogen-bond acceptors (Lipinski definition) is 3. The van der Waals surface area contributed by atoms with Crippen LogP contribution >= 0.6 is 24.4 Å². The predicted molar refractivity (Wildman–Crippen MR) is 54.1 cm³/mol. The largest absolute Gasteiger partial charge is 0.330 e. The van der Waals surface area contributed by atoms with Gasteiger partial charge in [0, 0.05) is 12.3 Å². The van der Waals surface area contributed by atoms with Crippen molar-refractivity contribution < 1.29 is 0 Å². The molecule has 0 aromatic rings. The molecule has 10 heavy (non-hydrogen) atoms. The van der Waals surface area contributed by atoms with Crippen molar-refractivity contribution >= 4 is 24.4 Å². The maximum absolute atomic E-state index is 5.34. The SMILES string of the molecule is NCCSCCCCCS. The Morgan fingerprint density at radius 3 is 2.50 bits per heavy atom. The average molecular weight is 179 g/mol. The number of nitrogens with two attached hydrogens (primary N) is 1. The highest BCUT2D eigenvalue weighted by Gasteiger charge is 1.87. The van der Waals surface area contributed by atoms with Crippen LogP contribution in [0.4, 0.5) is 0 Å². The second kappa shape index (κ2) is 9.66. The lowest BCUT2D eigenvalue weighted by atomic mass is 10.3. The van der Waals surface area contributed by atoms with Crippen LogP contribution in [0.2, 0.25) is 0 Å². The van der Waals surface area contributed by atoms with Crippen molar-refractivity contribution in [1.29, 1.82) is 0 Å². The van der Waals surface area contributed by atoms with Gasteiger partial charge in [-0.2, -0.15) is 24.4 Å². The molecule has 0 saturated heterocycles. The molecule has 0 bridgehead atoms. The molecule has 0 spiro atoms. The maximum atomic E-state index is 5.34. The summed E-state index contributed by atoms with van der Waals surface area (Å²) in [6.45, 7) is 0.817. The van der Waals surface area contributed by atoms with Crippen molar-refractivity contribution in [2.24, 2.45) is 5.73 Å². The van der Waals surface area contributed by atoms with Crippen molar-refractivity contribution in [3.63, 3.8) is 0 Å². The van der Waals surface area contributed by atoms with Gasteiger partial charge in [0.25, 0.3) is 0 Å². The molecule has 0 amide bonds. The first-order valence-electron chi connectivity index (χ1n) is 3.80. The molecular formula is C7H17NS2. The van der Waals surface area contributed by atoms with Crippen molar-refractivity contribution in [2.75, 3.05) is 23.8 Å². The third-order valence-corrected chi connectivity index (χ3v) is 2.63. The predicted octanol–water partition coefficient (Wildman–Crippen LogP) is 1.78. The van der Waals surface area contributed by atoms with E-state index in [4.69, 9.17) is 5.73 Å². The number of thioether (sulfide) groups is 1. The molecular weight excluding hydrogens is 162 g/mol. The third-order valence-electron chi connectivity index (χ3n) is 1.21. The van der Waals surface area contributed by atoms with E-state index in [0.717, 1.165) is 18.1 Å². The van der Waals surface area contributed by atoms with Crippen LogP contribution in [0, 0.1) is 0 Å². The topological polar surface area (TPSA) is 26.0 Å². The number of hydrogen-bond donors (Lipinski definition) is 2. The maximum Gasteiger partial charge on any atom is 0.00558 e. The van der Waals surface area contributed by atoms with E-state index in [9.17, 15) is 0 Å². The van der Waals surface area contributed by atoms with Crippen LogP contribution in [0.3, 0.4) is 0 Å². The average Bonchev–Trinajstić information content (AvgIpc) is 1.97. The molecule has 0 aliphatic rings. The van der Waals surface area contributed by atoms with Gasteiger partial charge in [0.1, 0.15) is 0 Å². The summed E-state index contributed by atoms with van der Waals surface area (Å²) in [7, 11) is 0. The van der Waals surface area contributed by atoms with E-state index >= 15 is 0 Å². The van der Waals surface area contributed by atoms with E-state index in [0.29, 0.717) is 0 Å². The first-order chi connectivity index (χ1) is 4.91. The Kier molecular flexibility index (Phi) is 10.3. The van der Waals surface area contributed by atoms with Gasteiger partial charge in [-0.15, -0.1) is 0 Å². The van der Waals surface area contributed by atoms with Crippen molar-refractivity contribution in [1.82, 2.24) is 0 Å². The quantitative estimate of drug-likeness (QED) is 0.460. The number of unbranched alkanes of at least 4 members (excludes halogenated alkanes) is 2. The summed E-state index contributed by atoms with van der Waals surface area (Å²) < 4.78 is 0. The summed E-state index contributed by atoms with van der Waals surface area (Å²) in [5.41, 5.74) is 5.34. The smallest absolute Gasteiger partial charge is 0.00558 e. The van der Waals surface area contributed by atoms with Crippen LogP contribution in [-0.2, 0) is 0 Å². The zero-order valence-corrected chi connectivity index (χ0v) is 8.09. The van der Waals surface area contributed by atoms with E-state index < -0.39 is 0 Å². The molecule has 0 radical (unpaired) electrons. The third kappa shape index (κ3) is 8.66. The van der Waals surface area contributed by atoms with Crippen molar-refractivity contribution in [2.45, 2.75) is 19.3 Å². The first-order valence-corrected chi connectivity index (χ1v) is 5.59. The zero-order chi connectivity index (χ0) is 7.66. The molecule has 1 nitrogen and oxygen atoms in total. The Bertz CT molecular complexity index is 51.6. The fourth-order valence-corrected chi connectivity index (χ4v) is 1.68. The first kappa shape index (κ1) is 10.7. The molecule has 3 heteroatoms. The lowest BCUT2D eigenvalue weighted by Crippen LogP contribution is -2.01. The minimum atomic E-state index is 0.817. The molecule has 0 aliphatic carbocycles. The highest BCUT2D eigenvalue weighted by atomic mass is 32.2. The second-order valence-electron chi connectivity index (χ2n) is 2.19. The van der Waals surface area contributed by atoms with Gasteiger partial charge in [0.15, 0.2) is 0 Å². The van der Waals surface area contributed by atoms with E-state index in [-0.39, 0.29) is 0 Å². The van der Waals surface area contributed by atoms with Gasteiger partial charge >= 0.3 is 0 Å². The Morgan fingerprint density at radius 1 is 1.10 bits per heavy atom. The van der Waals surface area contributed by atoms with Gasteiger partial charge in [0.2, 0.25) is 0 Å². The Hall–Kier alpha value is 0.660. The van der Waals surface area contributed by atoms with Crippen LogP contribution < -0.4 is 5.73 Å². The zero-order valence-electron chi connectivity index (χ0n) is 6.38. The summed E-state index contributed by atoms with van der Waals surface area (Å²) in [4.78, 5) is 0. The van der Waals surface area contributed by atoms with Crippen LogP contribution in [-0.4, -0.2) is 23.8 Å². The number of rotatable bonds is 7. The van der Waals surface area contributed by atoms with Crippen LogP contribution in [0.25, 0.3) is 0 Å². The van der Waals surface area contributed by atoms with Crippen LogP contribution in [0.1, 0.15) is 19.3 Å². The highest BCUT2D eigenvalue weighted by Crippen LogP contribution is 2.05. The van der Waals surface area contributed by atoms with E-state index in [1.165, 1.54) is 25.0 Å². The van der Waals surface area contributed by atoms with Gasteiger partial charge in [-0.1, -0.05) is 6.42 Å². The van der Waals surface area contributed by atoms with E-state index in [2.05, 4.69) is 12.6 Å². The molecule has 62 valence electrons. The highest BCUT2D eigenvalue weighted by molar-refractivity contribution is 7.99. The second-order valence-corrected chi connectivity index (χ2v) is 3.86. The van der Waals surface area contributed by atoms with E-state index in [1.807, 2.05) is 11.8 Å². The minimum absolute atomic E-state index is 0.817. The standard InChI is InChI=1S/C7H17NS2/c8-4-7-10-6-3-1-2-5-9/h9H,1-8H2. The summed E-state index contributed by atoms with van der Waals surface area (Å²) >= 11 is 6.09. The molecule has 0 aromatic heterocycles. The normalized spacial score (nSPS) is 10.2. The molecule has 0 atom stereocenters. The van der Waals surface area contributed by atoms with Crippen LogP contribution in [0.5, 0.6) is 0 Å². The molecule has 0 unspecified atom stereocenters. The van der Waals surface area contributed by atoms with E-state index in [1.54, 1.807) is 0 Å².